The first-order valence-corrected chi connectivity index (χ1v) is 7.19. The quantitative estimate of drug-likeness (QED) is 0.747. The molecule has 1 aromatic rings. The van der Waals surface area contributed by atoms with Crippen LogP contribution in [-0.4, -0.2) is 77.9 Å². The summed E-state index contributed by atoms with van der Waals surface area (Å²) in [6.07, 6.45) is 0.350. The summed E-state index contributed by atoms with van der Waals surface area (Å²) in [6.45, 7) is 3.74. The number of nitrogens with zero attached hydrogens (tertiary/aromatic N) is 5. The molecule has 2 atom stereocenters. The molecule has 0 amide bonds. The predicted molar refractivity (Wildman–Crippen MR) is 80.9 cm³/mol. The van der Waals surface area contributed by atoms with Crippen LogP contribution >= 0.6 is 0 Å². The summed E-state index contributed by atoms with van der Waals surface area (Å²) in [5.74, 6) is 1.01. The first kappa shape index (κ1) is 15.7. The molecule has 1 aliphatic rings. The highest BCUT2D eigenvalue weighted by Crippen LogP contribution is 2.25. The fourth-order valence-corrected chi connectivity index (χ4v) is 2.51. The van der Waals surface area contributed by atoms with Gasteiger partial charge in [0.25, 0.3) is 0 Å². The normalized spacial score (nSPS) is 21.9. The van der Waals surface area contributed by atoms with E-state index in [0.29, 0.717) is 37.5 Å². The first-order chi connectivity index (χ1) is 10.0. The molecule has 0 bridgehead atoms. The second-order valence-corrected chi connectivity index (χ2v) is 5.38. The molecule has 2 rings (SSSR count). The molecule has 2 N–H and O–H groups in total. The number of β-amino-alcohol motifs (C(OH)–C–C–N with tert-alkyl or cyclic N) is 1. The van der Waals surface area contributed by atoms with Crippen molar-refractivity contribution < 1.29 is 9.84 Å². The predicted octanol–water partition coefficient (Wildman–Crippen LogP) is -0.187. The minimum absolute atomic E-state index is 0.177. The Morgan fingerprint density at radius 3 is 2.76 bits per heavy atom. The van der Waals surface area contributed by atoms with Crippen LogP contribution in [0.2, 0.25) is 0 Å². The van der Waals surface area contributed by atoms with Gasteiger partial charge < -0.3 is 25.0 Å². The number of ether oxygens (including phenoxy) is 1. The number of nitrogens with one attached hydrogen (secondary N) is 1. The molecule has 0 aliphatic carbocycles. The van der Waals surface area contributed by atoms with Gasteiger partial charge in [0, 0.05) is 26.2 Å². The minimum atomic E-state index is -0.361. The number of hydrogen-bond acceptors (Lipinski definition) is 8. The van der Waals surface area contributed by atoms with Crippen molar-refractivity contribution in [3.05, 3.63) is 0 Å². The van der Waals surface area contributed by atoms with Gasteiger partial charge >= 0.3 is 6.01 Å². The average Bonchev–Trinajstić information content (AvgIpc) is 2.78. The molecule has 8 heteroatoms. The molecule has 0 aromatic carbocycles. The van der Waals surface area contributed by atoms with Crippen LogP contribution in [0.3, 0.4) is 0 Å². The number of aliphatic hydroxyl groups excluding tert-OH is 1. The molecule has 118 valence electrons. The zero-order valence-electron chi connectivity index (χ0n) is 13.1. The molecule has 2 heterocycles. The Morgan fingerprint density at radius 2 is 2.14 bits per heavy atom. The highest BCUT2D eigenvalue weighted by molar-refractivity contribution is 5.40. The van der Waals surface area contributed by atoms with Crippen molar-refractivity contribution in [2.75, 3.05) is 51.1 Å². The minimum Gasteiger partial charge on any atom is -0.464 e. The lowest BCUT2D eigenvalue weighted by Gasteiger charge is -2.26. The van der Waals surface area contributed by atoms with Crippen molar-refractivity contribution >= 4 is 11.9 Å². The third-order valence-corrected chi connectivity index (χ3v) is 3.33. The van der Waals surface area contributed by atoms with Crippen LogP contribution in [0.4, 0.5) is 11.9 Å². The van der Waals surface area contributed by atoms with E-state index >= 15 is 0 Å². The second-order valence-electron chi connectivity index (χ2n) is 5.38. The van der Waals surface area contributed by atoms with Gasteiger partial charge in [0.2, 0.25) is 11.9 Å². The van der Waals surface area contributed by atoms with Crippen LogP contribution in [-0.2, 0) is 0 Å². The topological polar surface area (TPSA) is 86.6 Å². The lowest BCUT2D eigenvalue weighted by atomic mass is 10.2. The van der Waals surface area contributed by atoms with Crippen LogP contribution in [0.15, 0.2) is 0 Å². The number of aliphatic hydroxyl groups is 1. The number of aromatic nitrogens is 3. The monoisotopic (exact) mass is 296 g/mol. The van der Waals surface area contributed by atoms with Crippen LogP contribution in [0, 0.1) is 0 Å². The number of rotatable bonds is 6. The zero-order chi connectivity index (χ0) is 15.4. The van der Waals surface area contributed by atoms with Crippen molar-refractivity contribution in [1.29, 1.82) is 0 Å². The maximum absolute atomic E-state index is 9.97. The van der Waals surface area contributed by atoms with Crippen LogP contribution < -0.4 is 15.0 Å². The van der Waals surface area contributed by atoms with E-state index in [1.54, 1.807) is 7.05 Å². The SMILES string of the molecule is CCOc1nc(NC)nc(N2CC(O)CC2CN(C)C)n1. The van der Waals surface area contributed by atoms with Crippen molar-refractivity contribution in [1.82, 2.24) is 19.9 Å². The van der Waals surface area contributed by atoms with E-state index in [-0.39, 0.29) is 12.1 Å². The standard InChI is InChI=1S/C13H24N6O2/c1-5-21-13-16-11(14-2)15-12(17-13)19-8-10(20)6-9(19)7-18(3)4/h9-10,20H,5-8H2,1-4H3,(H,14,15,16,17). The molecular weight excluding hydrogens is 272 g/mol. The van der Waals surface area contributed by atoms with Gasteiger partial charge in [-0.2, -0.15) is 15.0 Å². The molecule has 0 saturated carbocycles. The largest absolute Gasteiger partial charge is 0.464 e. The number of hydrogen-bond donors (Lipinski definition) is 2. The Bertz CT molecular complexity index is 470. The number of likely N-dealkylation sites (N-methyl/N-ethyl adjacent to an activating group) is 1. The first-order valence-electron chi connectivity index (χ1n) is 7.19. The highest BCUT2D eigenvalue weighted by atomic mass is 16.5. The molecule has 1 fully saturated rings. The molecule has 1 aromatic heterocycles. The van der Waals surface area contributed by atoms with E-state index in [2.05, 4.69) is 25.2 Å². The van der Waals surface area contributed by atoms with Gasteiger partial charge in [0.1, 0.15) is 0 Å². The van der Waals surface area contributed by atoms with Crippen molar-refractivity contribution in [3.8, 4) is 6.01 Å². The molecule has 0 spiro atoms. The van der Waals surface area contributed by atoms with Crippen LogP contribution in [0.1, 0.15) is 13.3 Å². The molecule has 0 radical (unpaired) electrons. The Balaban J connectivity index is 2.27. The molecule has 1 saturated heterocycles. The molecular formula is C13H24N6O2. The molecule has 21 heavy (non-hydrogen) atoms. The number of anilines is 2. The van der Waals surface area contributed by atoms with Crippen molar-refractivity contribution in [2.45, 2.75) is 25.5 Å². The lowest BCUT2D eigenvalue weighted by Crippen LogP contribution is -2.38. The van der Waals surface area contributed by atoms with Crippen LogP contribution in [0.25, 0.3) is 0 Å². The lowest BCUT2D eigenvalue weighted by molar-refractivity contribution is 0.191. The molecule has 8 nitrogen and oxygen atoms in total. The maximum Gasteiger partial charge on any atom is 0.323 e. The summed E-state index contributed by atoms with van der Waals surface area (Å²) < 4.78 is 5.39. The van der Waals surface area contributed by atoms with E-state index in [1.807, 2.05) is 25.9 Å². The van der Waals surface area contributed by atoms with Gasteiger partial charge in [-0.05, 0) is 27.4 Å². The molecule has 2 unspecified atom stereocenters. The van der Waals surface area contributed by atoms with Gasteiger partial charge in [-0.15, -0.1) is 0 Å². The average molecular weight is 296 g/mol. The Morgan fingerprint density at radius 1 is 1.38 bits per heavy atom. The van der Waals surface area contributed by atoms with E-state index in [4.69, 9.17) is 4.74 Å². The van der Waals surface area contributed by atoms with E-state index in [9.17, 15) is 5.11 Å². The summed E-state index contributed by atoms with van der Waals surface area (Å²) in [5, 5.41) is 12.9. The highest BCUT2D eigenvalue weighted by Gasteiger charge is 2.33. The van der Waals surface area contributed by atoms with E-state index in [1.165, 1.54) is 0 Å². The van der Waals surface area contributed by atoms with E-state index < -0.39 is 0 Å². The Kier molecular flexibility index (Phi) is 5.13. The summed E-state index contributed by atoms with van der Waals surface area (Å²) >= 11 is 0. The fraction of sp³-hybridized carbons (Fsp3) is 0.769. The van der Waals surface area contributed by atoms with Gasteiger partial charge in [0.05, 0.1) is 12.7 Å². The summed E-state index contributed by atoms with van der Waals surface area (Å²) in [7, 11) is 5.78. The van der Waals surface area contributed by atoms with Gasteiger partial charge in [-0.25, -0.2) is 0 Å². The van der Waals surface area contributed by atoms with Crippen LogP contribution in [0.5, 0.6) is 6.01 Å². The fourth-order valence-electron chi connectivity index (χ4n) is 2.51. The third-order valence-electron chi connectivity index (χ3n) is 3.33. The Labute approximate surface area is 125 Å². The van der Waals surface area contributed by atoms with Gasteiger partial charge in [0.15, 0.2) is 0 Å². The zero-order valence-corrected chi connectivity index (χ0v) is 13.1. The summed E-state index contributed by atoms with van der Waals surface area (Å²) in [6, 6.07) is 0.480. The summed E-state index contributed by atoms with van der Waals surface area (Å²) in [4.78, 5) is 17.0. The Hall–Kier alpha value is -1.67. The van der Waals surface area contributed by atoms with Gasteiger partial charge in [-0.1, -0.05) is 0 Å². The smallest absolute Gasteiger partial charge is 0.323 e. The van der Waals surface area contributed by atoms with Crippen molar-refractivity contribution in [3.63, 3.8) is 0 Å². The van der Waals surface area contributed by atoms with E-state index in [0.717, 1.165) is 6.54 Å². The summed E-state index contributed by atoms with van der Waals surface area (Å²) in [5.41, 5.74) is 0. The second kappa shape index (κ2) is 6.86. The van der Waals surface area contributed by atoms with Gasteiger partial charge in [-0.3, -0.25) is 0 Å². The maximum atomic E-state index is 9.97. The molecule has 1 aliphatic heterocycles. The van der Waals surface area contributed by atoms with Crippen molar-refractivity contribution in [2.24, 2.45) is 0 Å². The third kappa shape index (κ3) is 3.92.